The second kappa shape index (κ2) is 3.86. The fraction of sp³-hybridized carbons (Fsp3) is 0.889. The number of hydrogen-bond acceptors (Lipinski definition) is 2. The Bertz CT molecular complexity index is 136. The van der Waals surface area contributed by atoms with E-state index in [1.165, 1.54) is 0 Å². The molecule has 2 heteroatoms. The van der Waals surface area contributed by atoms with Crippen LogP contribution in [-0.4, -0.2) is 18.5 Å². The maximum atomic E-state index is 11.2. The Morgan fingerprint density at radius 2 is 2.45 bits per heavy atom. The van der Waals surface area contributed by atoms with Gasteiger partial charge in [0, 0.05) is 18.9 Å². The van der Waals surface area contributed by atoms with Crippen molar-refractivity contribution in [1.29, 1.82) is 0 Å². The van der Waals surface area contributed by atoms with Crippen LogP contribution in [-0.2, 0) is 9.53 Å². The highest BCUT2D eigenvalue weighted by Crippen LogP contribution is 2.21. The molecule has 11 heavy (non-hydrogen) atoms. The van der Waals surface area contributed by atoms with Gasteiger partial charge in [-0.25, -0.2) is 0 Å². The highest BCUT2D eigenvalue weighted by Gasteiger charge is 2.26. The van der Waals surface area contributed by atoms with Crippen LogP contribution in [0.4, 0.5) is 0 Å². The predicted octanol–water partition coefficient (Wildman–Crippen LogP) is 1.78. The average Bonchev–Trinajstić information content (AvgIpc) is 2.53. The zero-order valence-corrected chi connectivity index (χ0v) is 7.30. The highest BCUT2D eigenvalue weighted by molar-refractivity contribution is 5.80. The monoisotopic (exact) mass is 156 g/mol. The van der Waals surface area contributed by atoms with Crippen molar-refractivity contribution < 1.29 is 9.53 Å². The average molecular weight is 156 g/mol. The van der Waals surface area contributed by atoms with Crippen molar-refractivity contribution in [3.05, 3.63) is 0 Å². The van der Waals surface area contributed by atoms with Gasteiger partial charge in [-0.05, 0) is 12.8 Å². The van der Waals surface area contributed by atoms with E-state index in [9.17, 15) is 4.79 Å². The van der Waals surface area contributed by atoms with Gasteiger partial charge in [-0.15, -0.1) is 0 Å². The molecule has 1 saturated heterocycles. The Kier molecular flexibility index (Phi) is 3.06. The Balaban J connectivity index is 2.39. The molecule has 1 heterocycles. The quantitative estimate of drug-likeness (QED) is 0.622. The second-order valence-electron chi connectivity index (χ2n) is 3.16. The van der Waals surface area contributed by atoms with Crippen molar-refractivity contribution in [3.8, 4) is 0 Å². The molecule has 0 spiro atoms. The number of carbonyl (C=O) groups is 1. The molecule has 2 atom stereocenters. The Morgan fingerprint density at radius 1 is 1.73 bits per heavy atom. The normalized spacial score (nSPS) is 26.9. The number of rotatable bonds is 3. The summed E-state index contributed by atoms with van der Waals surface area (Å²) in [6.07, 6.45) is 3.03. The van der Waals surface area contributed by atoms with Gasteiger partial charge < -0.3 is 4.74 Å². The third-order valence-corrected chi connectivity index (χ3v) is 2.38. The molecule has 0 radical (unpaired) electrons. The molecule has 1 aliphatic rings. The first kappa shape index (κ1) is 8.72. The molecule has 1 rings (SSSR count). The maximum absolute atomic E-state index is 11.2. The Hall–Kier alpha value is -0.370. The molecule has 0 aromatic rings. The molecular formula is C9H16O2. The number of hydrogen-bond donors (Lipinski definition) is 0. The summed E-state index contributed by atoms with van der Waals surface area (Å²) in [5.41, 5.74) is 0. The zero-order valence-electron chi connectivity index (χ0n) is 7.30. The minimum atomic E-state index is 0.113. The smallest absolute Gasteiger partial charge is 0.138 e. The molecule has 1 fully saturated rings. The minimum Gasteiger partial charge on any atom is -0.377 e. The lowest BCUT2D eigenvalue weighted by atomic mass is 9.96. The molecule has 0 aromatic carbocycles. The van der Waals surface area contributed by atoms with Crippen molar-refractivity contribution >= 4 is 5.78 Å². The summed E-state index contributed by atoms with van der Waals surface area (Å²) in [5, 5.41) is 0. The molecule has 2 unspecified atom stereocenters. The molecule has 1 aliphatic heterocycles. The molecule has 0 aliphatic carbocycles. The predicted molar refractivity (Wildman–Crippen MR) is 43.4 cm³/mol. The third-order valence-electron chi connectivity index (χ3n) is 2.38. The number of ketones is 1. The lowest BCUT2D eigenvalue weighted by Crippen LogP contribution is -2.24. The molecule has 0 saturated carbocycles. The summed E-state index contributed by atoms with van der Waals surface area (Å²) >= 11 is 0. The summed E-state index contributed by atoms with van der Waals surface area (Å²) in [4.78, 5) is 11.2. The molecular weight excluding hydrogens is 140 g/mol. The number of ether oxygens (including phenoxy) is 1. The van der Waals surface area contributed by atoms with Crippen LogP contribution in [0.25, 0.3) is 0 Å². The van der Waals surface area contributed by atoms with Crippen molar-refractivity contribution in [2.75, 3.05) is 6.61 Å². The lowest BCUT2D eigenvalue weighted by Gasteiger charge is -2.15. The SMILES string of the molecule is CCC(=O)C(C)C1CCCO1. The fourth-order valence-electron chi connectivity index (χ4n) is 1.53. The van der Waals surface area contributed by atoms with Gasteiger partial charge in [0.25, 0.3) is 0 Å². The molecule has 64 valence electrons. The maximum Gasteiger partial charge on any atom is 0.138 e. The minimum absolute atomic E-state index is 0.113. The first-order chi connectivity index (χ1) is 5.25. The van der Waals surface area contributed by atoms with Crippen LogP contribution >= 0.6 is 0 Å². The van der Waals surface area contributed by atoms with Crippen LogP contribution < -0.4 is 0 Å². The molecule has 0 bridgehead atoms. The van der Waals surface area contributed by atoms with E-state index in [1.807, 2.05) is 13.8 Å². The van der Waals surface area contributed by atoms with E-state index in [0.29, 0.717) is 12.2 Å². The van der Waals surface area contributed by atoms with Crippen LogP contribution in [0.15, 0.2) is 0 Å². The standard InChI is InChI=1S/C9H16O2/c1-3-8(10)7(2)9-5-4-6-11-9/h7,9H,3-6H2,1-2H3. The van der Waals surface area contributed by atoms with Gasteiger partial charge in [0.05, 0.1) is 6.10 Å². The van der Waals surface area contributed by atoms with Gasteiger partial charge in [-0.1, -0.05) is 13.8 Å². The number of Topliss-reactive ketones (excluding diaryl/α,β-unsaturated/α-hetero) is 1. The Morgan fingerprint density at radius 3 is 2.91 bits per heavy atom. The van der Waals surface area contributed by atoms with Crippen molar-refractivity contribution in [2.24, 2.45) is 5.92 Å². The van der Waals surface area contributed by atoms with E-state index in [-0.39, 0.29) is 12.0 Å². The van der Waals surface area contributed by atoms with Gasteiger partial charge in [-0.3, -0.25) is 4.79 Å². The number of carbonyl (C=O) groups excluding carboxylic acids is 1. The van der Waals surface area contributed by atoms with Gasteiger partial charge in [-0.2, -0.15) is 0 Å². The first-order valence-electron chi connectivity index (χ1n) is 4.40. The Labute approximate surface area is 67.9 Å². The van der Waals surface area contributed by atoms with Crippen molar-refractivity contribution in [1.82, 2.24) is 0 Å². The fourth-order valence-corrected chi connectivity index (χ4v) is 1.53. The second-order valence-corrected chi connectivity index (χ2v) is 3.16. The van der Waals surface area contributed by atoms with Crippen LogP contribution in [0.2, 0.25) is 0 Å². The molecule has 0 N–H and O–H groups in total. The van der Waals surface area contributed by atoms with Gasteiger partial charge >= 0.3 is 0 Å². The summed E-state index contributed by atoms with van der Waals surface area (Å²) in [5.74, 6) is 0.444. The van der Waals surface area contributed by atoms with E-state index in [4.69, 9.17) is 4.74 Å². The van der Waals surface area contributed by atoms with E-state index in [1.54, 1.807) is 0 Å². The van der Waals surface area contributed by atoms with Crippen molar-refractivity contribution in [3.63, 3.8) is 0 Å². The van der Waals surface area contributed by atoms with E-state index in [2.05, 4.69) is 0 Å². The van der Waals surface area contributed by atoms with Gasteiger partial charge in [0.2, 0.25) is 0 Å². The van der Waals surface area contributed by atoms with Gasteiger partial charge in [0.1, 0.15) is 5.78 Å². The van der Waals surface area contributed by atoms with Crippen LogP contribution in [0, 0.1) is 5.92 Å². The molecule has 0 amide bonds. The highest BCUT2D eigenvalue weighted by atomic mass is 16.5. The lowest BCUT2D eigenvalue weighted by molar-refractivity contribution is -0.125. The summed E-state index contributed by atoms with van der Waals surface area (Å²) in [6, 6.07) is 0. The zero-order chi connectivity index (χ0) is 8.27. The first-order valence-corrected chi connectivity index (χ1v) is 4.40. The van der Waals surface area contributed by atoms with Crippen LogP contribution in [0.5, 0.6) is 0 Å². The summed E-state index contributed by atoms with van der Waals surface area (Å²) in [6.45, 7) is 4.72. The van der Waals surface area contributed by atoms with Crippen molar-refractivity contribution in [2.45, 2.75) is 39.2 Å². The topological polar surface area (TPSA) is 26.3 Å². The third kappa shape index (κ3) is 2.03. The van der Waals surface area contributed by atoms with Crippen LogP contribution in [0.1, 0.15) is 33.1 Å². The summed E-state index contributed by atoms with van der Waals surface area (Å²) in [7, 11) is 0. The molecule has 2 nitrogen and oxygen atoms in total. The van der Waals surface area contributed by atoms with E-state index < -0.39 is 0 Å². The van der Waals surface area contributed by atoms with E-state index in [0.717, 1.165) is 19.4 Å². The molecule has 0 aromatic heterocycles. The van der Waals surface area contributed by atoms with E-state index >= 15 is 0 Å². The largest absolute Gasteiger partial charge is 0.377 e. The van der Waals surface area contributed by atoms with Gasteiger partial charge in [0.15, 0.2) is 0 Å². The summed E-state index contributed by atoms with van der Waals surface area (Å²) < 4.78 is 5.42. The van der Waals surface area contributed by atoms with Crippen LogP contribution in [0.3, 0.4) is 0 Å².